The summed E-state index contributed by atoms with van der Waals surface area (Å²) in [6.07, 6.45) is -6.79. The molecule has 39 heavy (non-hydrogen) atoms. The van der Waals surface area contributed by atoms with Gasteiger partial charge in [0, 0.05) is 32.3 Å². The van der Waals surface area contributed by atoms with E-state index >= 15 is 0 Å². The Balaban J connectivity index is 0.000000317. The number of alkyl halides is 6. The van der Waals surface area contributed by atoms with Crippen LogP contribution in [-0.4, -0.2) is 75.7 Å². The smallest absolute Gasteiger partial charge is 0.475 e. The van der Waals surface area contributed by atoms with E-state index in [4.69, 9.17) is 24.5 Å². The van der Waals surface area contributed by atoms with E-state index in [1.807, 2.05) is 12.1 Å². The van der Waals surface area contributed by atoms with Crippen LogP contribution >= 0.6 is 0 Å². The fourth-order valence-corrected chi connectivity index (χ4v) is 3.82. The van der Waals surface area contributed by atoms with Gasteiger partial charge in [0.1, 0.15) is 5.82 Å². The molecule has 0 radical (unpaired) electrons. The van der Waals surface area contributed by atoms with Gasteiger partial charge in [0.25, 0.3) is 0 Å². The number of ether oxygens (including phenoxy) is 1. The van der Waals surface area contributed by atoms with E-state index in [0.717, 1.165) is 38.0 Å². The van der Waals surface area contributed by atoms with E-state index < -0.39 is 24.3 Å². The molecule has 1 aromatic carbocycles. The highest BCUT2D eigenvalue weighted by atomic mass is 19.4. The van der Waals surface area contributed by atoms with Gasteiger partial charge in [0.15, 0.2) is 11.6 Å². The maximum atomic E-state index is 13.7. The van der Waals surface area contributed by atoms with E-state index in [1.165, 1.54) is 18.2 Å². The number of aromatic nitrogens is 1. The molecule has 16 heteroatoms. The van der Waals surface area contributed by atoms with Crippen LogP contribution < -0.4 is 5.32 Å². The number of nitrogens with zero attached hydrogens (tertiary/aromatic N) is 2. The summed E-state index contributed by atoms with van der Waals surface area (Å²) in [7, 11) is 0. The molecule has 2 aliphatic heterocycles. The van der Waals surface area contributed by atoms with Gasteiger partial charge in [0.2, 0.25) is 0 Å². The van der Waals surface area contributed by atoms with Gasteiger partial charge in [0.05, 0.1) is 18.2 Å². The number of carbonyl (C=O) groups is 2. The first kappa shape index (κ1) is 31.7. The first-order valence-corrected chi connectivity index (χ1v) is 11.1. The molecule has 0 aliphatic carbocycles. The lowest BCUT2D eigenvalue weighted by molar-refractivity contribution is -0.193. The number of anilines is 1. The molecule has 4 rings (SSSR count). The van der Waals surface area contributed by atoms with Crippen molar-refractivity contribution in [1.29, 1.82) is 0 Å². The average Bonchev–Trinajstić information content (AvgIpc) is 3.42. The molecule has 216 valence electrons. The molecule has 2 unspecified atom stereocenters. The molecule has 8 nitrogen and oxygen atoms in total. The Labute approximate surface area is 216 Å². The summed E-state index contributed by atoms with van der Waals surface area (Å²) >= 11 is 0. The predicted octanol–water partition coefficient (Wildman–Crippen LogP) is 4.47. The normalized spacial score (nSPS) is 21.0. The summed E-state index contributed by atoms with van der Waals surface area (Å²) in [6, 6.07) is 9.69. The zero-order valence-electron chi connectivity index (χ0n) is 19.9. The molecule has 2 saturated heterocycles. The maximum absolute atomic E-state index is 13.7. The summed E-state index contributed by atoms with van der Waals surface area (Å²) in [4.78, 5) is 24.2. The first-order chi connectivity index (χ1) is 18.0. The van der Waals surface area contributed by atoms with E-state index in [-0.39, 0.29) is 29.1 Å². The molecule has 0 saturated carbocycles. The van der Waals surface area contributed by atoms with Crippen LogP contribution in [0.1, 0.15) is 18.4 Å². The number of carboxylic acids is 2. The molecule has 2 aromatic rings. The van der Waals surface area contributed by atoms with Gasteiger partial charge in [-0.1, -0.05) is 12.1 Å². The van der Waals surface area contributed by atoms with Crippen LogP contribution in [0.3, 0.4) is 0 Å². The van der Waals surface area contributed by atoms with Crippen LogP contribution in [0.4, 0.5) is 40.9 Å². The van der Waals surface area contributed by atoms with Crippen molar-refractivity contribution in [1.82, 2.24) is 9.88 Å². The second-order valence-electron chi connectivity index (χ2n) is 8.57. The number of carboxylic acid groups (broad SMARTS) is 2. The monoisotopic (exact) mass is 573 g/mol. The van der Waals surface area contributed by atoms with Crippen LogP contribution in [0, 0.1) is 11.6 Å². The first-order valence-electron chi connectivity index (χ1n) is 11.1. The van der Waals surface area contributed by atoms with Gasteiger partial charge in [-0.25, -0.2) is 23.4 Å². The maximum Gasteiger partial charge on any atom is 0.490 e. The van der Waals surface area contributed by atoms with Crippen LogP contribution in [0.25, 0.3) is 0 Å². The highest BCUT2D eigenvalue weighted by Crippen LogP contribution is 2.36. The number of aliphatic carboxylic acids is 2. The van der Waals surface area contributed by atoms with Crippen molar-refractivity contribution in [3.63, 3.8) is 0 Å². The third kappa shape index (κ3) is 10.3. The van der Waals surface area contributed by atoms with Gasteiger partial charge < -0.3 is 20.3 Å². The molecular weight excluding hydrogens is 550 g/mol. The van der Waals surface area contributed by atoms with Crippen molar-refractivity contribution in [2.75, 3.05) is 25.0 Å². The van der Waals surface area contributed by atoms with E-state index in [1.54, 1.807) is 12.3 Å². The number of nitrogens with one attached hydrogen (secondary N) is 1. The van der Waals surface area contributed by atoms with Crippen molar-refractivity contribution in [3.8, 4) is 0 Å². The minimum atomic E-state index is -5.08. The zero-order valence-corrected chi connectivity index (χ0v) is 19.9. The summed E-state index contributed by atoms with van der Waals surface area (Å²) in [5.74, 6) is -5.78. The van der Waals surface area contributed by atoms with Crippen molar-refractivity contribution >= 4 is 17.8 Å². The summed E-state index contributed by atoms with van der Waals surface area (Å²) in [5, 5.41) is 17.4. The molecule has 2 atom stereocenters. The van der Waals surface area contributed by atoms with Crippen LogP contribution in [0.2, 0.25) is 0 Å². The van der Waals surface area contributed by atoms with Crippen LogP contribution in [-0.2, 0) is 20.9 Å². The third-order valence-electron chi connectivity index (χ3n) is 5.51. The summed E-state index contributed by atoms with van der Waals surface area (Å²) in [5.41, 5.74) is 0.921. The molecule has 2 aliphatic rings. The molecule has 2 fully saturated rings. The molecule has 0 amide bonds. The van der Waals surface area contributed by atoms with Crippen molar-refractivity contribution in [2.24, 2.45) is 0 Å². The second kappa shape index (κ2) is 13.0. The Morgan fingerprint density at radius 2 is 1.59 bits per heavy atom. The van der Waals surface area contributed by atoms with E-state index in [9.17, 15) is 35.1 Å². The lowest BCUT2D eigenvalue weighted by atomic mass is 9.97. The van der Waals surface area contributed by atoms with Gasteiger partial charge in [-0.3, -0.25) is 4.90 Å². The minimum absolute atomic E-state index is 0.0650. The minimum Gasteiger partial charge on any atom is -0.475 e. The van der Waals surface area contributed by atoms with E-state index in [0.29, 0.717) is 6.61 Å². The number of halogens is 8. The topological polar surface area (TPSA) is 112 Å². The van der Waals surface area contributed by atoms with Gasteiger partial charge in [-0.05, 0) is 36.2 Å². The second-order valence-corrected chi connectivity index (χ2v) is 8.57. The Morgan fingerprint density at radius 1 is 1.03 bits per heavy atom. The highest BCUT2D eigenvalue weighted by molar-refractivity contribution is 5.73. The number of rotatable bonds is 4. The van der Waals surface area contributed by atoms with E-state index in [2.05, 4.69) is 15.2 Å². The van der Waals surface area contributed by atoms with Crippen molar-refractivity contribution < 1.29 is 59.7 Å². The largest absolute Gasteiger partial charge is 0.490 e. The molecule has 1 aromatic heterocycles. The van der Waals surface area contributed by atoms with Crippen LogP contribution in [0.15, 0.2) is 42.6 Å². The molecule has 0 bridgehead atoms. The summed E-state index contributed by atoms with van der Waals surface area (Å²) in [6.45, 7) is 3.13. The number of benzene rings is 1. The van der Waals surface area contributed by atoms with Gasteiger partial charge in [-0.2, -0.15) is 26.3 Å². The quantitative estimate of drug-likeness (QED) is 0.460. The molecule has 3 heterocycles. The van der Waals surface area contributed by atoms with Crippen LogP contribution in [0.5, 0.6) is 0 Å². The number of pyridine rings is 1. The Bertz CT molecular complexity index is 1090. The number of likely N-dealkylation sites (tertiary alicyclic amines) is 1. The predicted molar refractivity (Wildman–Crippen MR) is 119 cm³/mol. The van der Waals surface area contributed by atoms with Crippen molar-refractivity contribution in [2.45, 2.75) is 43.4 Å². The highest BCUT2D eigenvalue weighted by Gasteiger charge is 2.45. The van der Waals surface area contributed by atoms with Crippen molar-refractivity contribution in [3.05, 3.63) is 59.8 Å². The summed E-state index contributed by atoms with van der Waals surface area (Å²) < 4.78 is 96.3. The average molecular weight is 573 g/mol. The zero-order chi connectivity index (χ0) is 29.4. The lowest BCUT2D eigenvalue weighted by Gasteiger charge is -2.23. The molecule has 3 N–H and O–H groups in total. The Morgan fingerprint density at radius 3 is 2.10 bits per heavy atom. The standard InChI is InChI=1S/C19H21F2N3O.2C2HF3O2/c20-15-5-3-14(4-6-15)11-24-9-7-19(13-24)10-16(12-25-19)23-18-17(21)2-1-8-22-18;2*3-2(4,5)1(6)7/h1-6,8,16H,7,9-13H2,(H,22,23);2*(H,6,7). The SMILES string of the molecule is Fc1ccc(CN2CCC3(CC(Nc4ncccc4F)CO3)C2)cc1.O=C(O)C(F)(F)F.O=C(O)C(F)(F)F. The fourth-order valence-electron chi connectivity index (χ4n) is 3.82. The lowest BCUT2D eigenvalue weighted by Crippen LogP contribution is -2.33. The fraction of sp³-hybridized carbons (Fsp3) is 0.435. The Kier molecular flexibility index (Phi) is 10.6. The number of hydrogen-bond donors (Lipinski definition) is 3. The molecule has 1 spiro atoms. The van der Waals surface area contributed by atoms with Gasteiger partial charge >= 0.3 is 24.3 Å². The third-order valence-corrected chi connectivity index (χ3v) is 5.51. The Hall–Kier alpha value is -3.53. The van der Waals surface area contributed by atoms with Gasteiger partial charge in [-0.15, -0.1) is 0 Å². The molecular formula is C23H23F8N3O5. The number of hydrogen-bond acceptors (Lipinski definition) is 6.